The molecule has 0 aromatic rings. The van der Waals surface area contributed by atoms with Crippen LogP contribution in [-0.4, -0.2) is 60.0 Å². The first kappa shape index (κ1) is 14.8. The molecule has 2 unspecified atom stereocenters. The minimum atomic E-state index is -0.366. The molecular weight excluding hydrogens is 296 g/mol. The zero-order chi connectivity index (χ0) is 16.0. The molecule has 4 bridgehead atoms. The first-order valence-corrected chi connectivity index (χ1v) is 8.73. The zero-order valence-corrected chi connectivity index (χ0v) is 13.3. The van der Waals surface area contributed by atoms with Gasteiger partial charge in [-0.25, -0.2) is 9.59 Å². The Bertz CT molecular complexity index is 507. The lowest BCUT2D eigenvalue weighted by molar-refractivity contribution is -0.124. The second-order valence-corrected chi connectivity index (χ2v) is 7.52. The Morgan fingerprint density at radius 3 is 2.43 bits per heavy atom. The normalized spacial score (nSPS) is 35.5. The topological polar surface area (TPSA) is 81.8 Å². The first-order valence-electron chi connectivity index (χ1n) is 8.73. The molecule has 5 fully saturated rings. The van der Waals surface area contributed by atoms with Crippen molar-refractivity contribution in [1.82, 2.24) is 20.4 Å². The molecule has 3 aliphatic heterocycles. The van der Waals surface area contributed by atoms with Crippen LogP contribution in [0.2, 0.25) is 0 Å². The number of hydrogen-bond donors (Lipinski definition) is 2. The van der Waals surface area contributed by atoms with Crippen LogP contribution in [-0.2, 0) is 4.79 Å². The lowest BCUT2D eigenvalue weighted by Crippen LogP contribution is -2.49. The molecule has 7 heteroatoms. The van der Waals surface area contributed by atoms with Crippen molar-refractivity contribution in [3.63, 3.8) is 0 Å². The average Bonchev–Trinajstić information content (AvgIpc) is 2.70. The maximum Gasteiger partial charge on any atom is 0.324 e. The van der Waals surface area contributed by atoms with E-state index in [1.54, 1.807) is 0 Å². The number of hydrogen-bond acceptors (Lipinski definition) is 3. The van der Waals surface area contributed by atoms with Crippen molar-refractivity contribution in [1.29, 1.82) is 0 Å². The average molecular weight is 320 g/mol. The van der Waals surface area contributed by atoms with E-state index >= 15 is 0 Å². The first-order chi connectivity index (χ1) is 11.1. The van der Waals surface area contributed by atoms with E-state index in [0.29, 0.717) is 18.5 Å². The van der Waals surface area contributed by atoms with Gasteiger partial charge in [0.2, 0.25) is 5.91 Å². The Kier molecular flexibility index (Phi) is 3.66. The van der Waals surface area contributed by atoms with Crippen molar-refractivity contribution in [3.05, 3.63) is 0 Å². The molecule has 0 aromatic carbocycles. The van der Waals surface area contributed by atoms with E-state index < -0.39 is 0 Å². The van der Waals surface area contributed by atoms with Crippen LogP contribution in [0.3, 0.4) is 0 Å². The maximum absolute atomic E-state index is 12.6. The molecule has 3 heterocycles. The highest BCUT2D eigenvalue weighted by Gasteiger charge is 2.44. The molecule has 0 aromatic heterocycles. The molecule has 5 rings (SSSR count). The smallest absolute Gasteiger partial charge is 0.324 e. The summed E-state index contributed by atoms with van der Waals surface area (Å²) in [6.45, 7) is 1.49. The number of nitrogens with zero attached hydrogens (tertiary/aromatic N) is 2. The molecule has 23 heavy (non-hydrogen) atoms. The minimum absolute atomic E-state index is 0.0322. The Morgan fingerprint density at radius 1 is 1.09 bits per heavy atom. The van der Waals surface area contributed by atoms with Gasteiger partial charge in [-0.15, -0.1) is 0 Å². The van der Waals surface area contributed by atoms with Crippen molar-refractivity contribution >= 4 is 18.0 Å². The predicted octanol–water partition coefficient (Wildman–Crippen LogP) is 0.758. The molecule has 2 N–H and O–H groups in total. The summed E-state index contributed by atoms with van der Waals surface area (Å²) in [6.07, 6.45) is 6.20. The fraction of sp³-hybridized carbons (Fsp3) is 0.812. The Morgan fingerprint density at radius 2 is 1.78 bits per heavy atom. The summed E-state index contributed by atoms with van der Waals surface area (Å²) in [6, 6.07) is -0.0202. The fourth-order valence-electron chi connectivity index (χ4n) is 5.09. The van der Waals surface area contributed by atoms with E-state index in [9.17, 15) is 14.4 Å². The molecule has 2 aliphatic carbocycles. The Balaban J connectivity index is 1.32. The van der Waals surface area contributed by atoms with Crippen LogP contribution in [0.25, 0.3) is 0 Å². The van der Waals surface area contributed by atoms with Crippen LogP contribution in [0.15, 0.2) is 0 Å². The molecule has 4 atom stereocenters. The van der Waals surface area contributed by atoms with Gasteiger partial charge < -0.3 is 15.5 Å². The number of nitrogens with one attached hydrogen (secondary N) is 2. The summed E-state index contributed by atoms with van der Waals surface area (Å²) in [5.41, 5.74) is 0. The minimum Gasteiger partial charge on any atom is -0.336 e. The molecule has 0 radical (unpaired) electrons. The second-order valence-electron chi connectivity index (χ2n) is 7.52. The number of rotatable bonds is 3. The van der Waals surface area contributed by atoms with E-state index in [2.05, 4.69) is 10.6 Å². The maximum atomic E-state index is 12.6. The molecule has 5 amide bonds. The van der Waals surface area contributed by atoms with Gasteiger partial charge in [0, 0.05) is 25.7 Å². The van der Waals surface area contributed by atoms with Crippen LogP contribution in [0.1, 0.15) is 32.1 Å². The van der Waals surface area contributed by atoms with Gasteiger partial charge in [-0.2, -0.15) is 0 Å². The van der Waals surface area contributed by atoms with E-state index in [0.717, 1.165) is 36.1 Å². The molecule has 7 nitrogen and oxygen atoms in total. The number of fused-ring (bicyclic) bond motifs is 1. The van der Waals surface area contributed by atoms with Gasteiger partial charge in [0.05, 0.1) is 6.54 Å². The third-order valence-electron chi connectivity index (χ3n) is 5.92. The summed E-state index contributed by atoms with van der Waals surface area (Å²) < 4.78 is 0. The van der Waals surface area contributed by atoms with E-state index in [1.807, 2.05) is 4.90 Å². The second kappa shape index (κ2) is 5.69. The summed E-state index contributed by atoms with van der Waals surface area (Å²) >= 11 is 0. The molecule has 0 spiro atoms. The number of imide groups is 1. The quantitative estimate of drug-likeness (QED) is 0.753. The number of carbonyl (C=O) groups is 3. The monoisotopic (exact) mass is 320 g/mol. The van der Waals surface area contributed by atoms with Crippen molar-refractivity contribution in [3.8, 4) is 0 Å². The van der Waals surface area contributed by atoms with Gasteiger partial charge in [0.15, 0.2) is 0 Å². The highest BCUT2D eigenvalue weighted by atomic mass is 16.2. The largest absolute Gasteiger partial charge is 0.336 e. The third-order valence-corrected chi connectivity index (χ3v) is 5.92. The molecular formula is C16H24N4O3. The van der Waals surface area contributed by atoms with Crippen molar-refractivity contribution in [2.45, 2.75) is 38.1 Å². The number of urea groups is 2. The lowest BCUT2D eigenvalue weighted by atomic mass is 9.68. The molecule has 5 aliphatic rings. The van der Waals surface area contributed by atoms with Gasteiger partial charge in [-0.3, -0.25) is 9.69 Å². The highest BCUT2D eigenvalue weighted by molar-refractivity contribution is 6.01. The van der Waals surface area contributed by atoms with Gasteiger partial charge in [-0.05, 0) is 49.9 Å². The number of carbonyl (C=O) groups excluding carboxylic acids is 3. The number of amides is 5. The lowest BCUT2D eigenvalue weighted by Gasteiger charge is -2.38. The van der Waals surface area contributed by atoms with Crippen LogP contribution >= 0.6 is 0 Å². The Labute approximate surface area is 135 Å². The van der Waals surface area contributed by atoms with Crippen LogP contribution in [0, 0.1) is 17.8 Å². The fourth-order valence-corrected chi connectivity index (χ4v) is 5.09. The van der Waals surface area contributed by atoms with Crippen molar-refractivity contribution < 1.29 is 14.4 Å². The Hall–Kier alpha value is -1.79. The zero-order valence-electron chi connectivity index (χ0n) is 13.3. The summed E-state index contributed by atoms with van der Waals surface area (Å²) in [5, 5.41) is 5.39. The van der Waals surface area contributed by atoms with Crippen LogP contribution in [0.4, 0.5) is 9.59 Å². The van der Waals surface area contributed by atoms with Crippen LogP contribution < -0.4 is 10.6 Å². The SMILES string of the molecule is O=C1CNC(=O)N1CCNC(=O)N1CC2C[C@@H]3CC1C[C@H](C2)C3. The summed E-state index contributed by atoms with van der Waals surface area (Å²) in [4.78, 5) is 38.7. The van der Waals surface area contributed by atoms with Gasteiger partial charge in [-0.1, -0.05) is 0 Å². The van der Waals surface area contributed by atoms with Crippen LogP contribution in [0.5, 0.6) is 0 Å². The molecule has 3 saturated heterocycles. The standard InChI is InChI=1S/C16H24N4O3/c21-14-8-18-16(23)19(14)2-1-17-15(22)20-9-12-4-10-3-11(5-12)7-13(20)6-10/h10-13H,1-9H2,(H,17,22)(H,18,23)/t10-,11+,12?,13?. The summed E-state index contributed by atoms with van der Waals surface area (Å²) in [5.74, 6) is 2.04. The molecule has 2 saturated carbocycles. The third kappa shape index (κ3) is 2.77. The highest BCUT2D eigenvalue weighted by Crippen LogP contribution is 2.47. The van der Waals surface area contributed by atoms with Crippen molar-refractivity contribution in [2.75, 3.05) is 26.2 Å². The van der Waals surface area contributed by atoms with Gasteiger partial charge >= 0.3 is 12.1 Å². The summed E-state index contributed by atoms with van der Waals surface area (Å²) in [7, 11) is 0. The molecule has 126 valence electrons. The van der Waals surface area contributed by atoms with Gasteiger partial charge in [0.1, 0.15) is 0 Å². The van der Waals surface area contributed by atoms with Crippen molar-refractivity contribution in [2.24, 2.45) is 17.8 Å². The predicted molar refractivity (Wildman–Crippen MR) is 82.6 cm³/mol. The van der Waals surface area contributed by atoms with E-state index in [1.165, 1.54) is 19.3 Å². The van der Waals surface area contributed by atoms with Gasteiger partial charge in [0.25, 0.3) is 0 Å². The van der Waals surface area contributed by atoms with E-state index in [-0.39, 0.29) is 31.1 Å². The van der Waals surface area contributed by atoms with E-state index in [4.69, 9.17) is 0 Å².